The molecule has 0 N–H and O–H groups in total. The Labute approximate surface area is 114 Å². The van der Waals surface area contributed by atoms with Gasteiger partial charge in [-0.25, -0.2) is 4.98 Å². The van der Waals surface area contributed by atoms with Crippen molar-refractivity contribution in [2.75, 3.05) is 31.2 Å². The van der Waals surface area contributed by atoms with E-state index < -0.39 is 11.9 Å². The Balaban J connectivity index is 2.16. The fourth-order valence-corrected chi connectivity index (χ4v) is 2.37. The number of nitrogens with zero attached hydrogens (tertiary/aromatic N) is 2. The zero-order valence-corrected chi connectivity index (χ0v) is 10.7. The summed E-state index contributed by atoms with van der Waals surface area (Å²) in [6.45, 7) is 2.23. The van der Waals surface area contributed by atoms with Crippen molar-refractivity contribution in [3.05, 3.63) is 36.0 Å². The molecule has 1 aliphatic heterocycles. The van der Waals surface area contributed by atoms with Crippen molar-refractivity contribution in [1.29, 1.82) is 0 Å². The number of anilines is 1. The third-order valence-corrected chi connectivity index (χ3v) is 3.34. The summed E-state index contributed by atoms with van der Waals surface area (Å²) in [6.07, 6.45) is -4.44. The van der Waals surface area contributed by atoms with Gasteiger partial charge >= 0.3 is 6.18 Å². The van der Waals surface area contributed by atoms with Gasteiger partial charge in [0.15, 0.2) is 0 Å². The second kappa shape index (κ2) is 4.94. The first kappa shape index (κ1) is 13.2. The smallest absolute Gasteiger partial charge is 0.378 e. The highest BCUT2D eigenvalue weighted by Gasteiger charge is 2.34. The second-order valence-electron chi connectivity index (χ2n) is 4.64. The molecule has 2 heterocycles. The predicted molar refractivity (Wildman–Crippen MR) is 69.8 cm³/mol. The van der Waals surface area contributed by atoms with E-state index >= 15 is 0 Å². The first-order valence-electron chi connectivity index (χ1n) is 6.35. The topological polar surface area (TPSA) is 25.4 Å². The van der Waals surface area contributed by atoms with E-state index in [1.165, 1.54) is 0 Å². The van der Waals surface area contributed by atoms with Gasteiger partial charge in [-0.3, -0.25) is 0 Å². The van der Waals surface area contributed by atoms with Crippen LogP contribution < -0.4 is 4.90 Å². The van der Waals surface area contributed by atoms with E-state index in [0.29, 0.717) is 37.5 Å². The molecule has 1 aromatic heterocycles. The van der Waals surface area contributed by atoms with Gasteiger partial charge in [-0.15, -0.1) is 0 Å². The Hall–Kier alpha value is -1.82. The highest BCUT2D eigenvalue weighted by atomic mass is 19.4. The van der Waals surface area contributed by atoms with Crippen molar-refractivity contribution in [3.8, 4) is 0 Å². The Bertz CT molecular complexity index is 621. The second-order valence-corrected chi connectivity index (χ2v) is 4.64. The lowest BCUT2D eigenvalue weighted by atomic mass is 10.1. The molecule has 0 bridgehead atoms. The van der Waals surface area contributed by atoms with Crippen LogP contribution in [0.5, 0.6) is 0 Å². The summed E-state index contributed by atoms with van der Waals surface area (Å²) in [5.74, 6) is 0. The molecule has 20 heavy (non-hydrogen) atoms. The Morgan fingerprint density at radius 3 is 2.50 bits per heavy atom. The zero-order valence-electron chi connectivity index (χ0n) is 10.7. The molecule has 0 spiro atoms. The summed E-state index contributed by atoms with van der Waals surface area (Å²) in [7, 11) is 0. The standard InChI is InChI=1S/C14H13F3N2O/c15-14(16,17)13-9-12(19-5-7-20-8-6-19)10-3-1-2-4-11(10)18-13/h1-4,9H,5-8H2. The quantitative estimate of drug-likeness (QED) is 0.803. The summed E-state index contributed by atoms with van der Waals surface area (Å²) in [5.41, 5.74) is 0.0905. The molecule has 0 amide bonds. The van der Waals surface area contributed by atoms with Crippen molar-refractivity contribution >= 4 is 16.6 Å². The van der Waals surface area contributed by atoms with Gasteiger partial charge in [0.2, 0.25) is 0 Å². The minimum Gasteiger partial charge on any atom is -0.378 e. The van der Waals surface area contributed by atoms with E-state index in [-0.39, 0.29) is 0 Å². The number of aromatic nitrogens is 1. The number of alkyl halides is 3. The number of hydrogen-bond donors (Lipinski definition) is 0. The summed E-state index contributed by atoms with van der Waals surface area (Å²) >= 11 is 0. The number of halogens is 3. The lowest BCUT2D eigenvalue weighted by molar-refractivity contribution is -0.140. The summed E-state index contributed by atoms with van der Waals surface area (Å²) in [4.78, 5) is 5.64. The highest BCUT2D eigenvalue weighted by Crippen LogP contribution is 2.34. The van der Waals surface area contributed by atoms with Crippen molar-refractivity contribution < 1.29 is 17.9 Å². The van der Waals surface area contributed by atoms with Crippen LogP contribution in [-0.2, 0) is 10.9 Å². The van der Waals surface area contributed by atoms with Crippen molar-refractivity contribution in [2.24, 2.45) is 0 Å². The van der Waals surface area contributed by atoms with Gasteiger partial charge in [-0.05, 0) is 12.1 Å². The molecule has 1 saturated heterocycles. The predicted octanol–water partition coefficient (Wildman–Crippen LogP) is 3.09. The highest BCUT2D eigenvalue weighted by molar-refractivity contribution is 5.92. The first-order chi connectivity index (χ1) is 9.55. The van der Waals surface area contributed by atoms with Crippen molar-refractivity contribution in [1.82, 2.24) is 4.98 Å². The number of hydrogen-bond acceptors (Lipinski definition) is 3. The number of ether oxygens (including phenoxy) is 1. The maximum atomic E-state index is 13.0. The maximum absolute atomic E-state index is 13.0. The minimum absolute atomic E-state index is 0.365. The molecule has 0 aliphatic carbocycles. The van der Waals surface area contributed by atoms with Crippen LogP contribution >= 0.6 is 0 Å². The SMILES string of the molecule is FC(F)(F)c1cc(N2CCOCC2)c2ccccc2n1. The molecule has 0 saturated carbocycles. The fraction of sp³-hybridized carbons (Fsp3) is 0.357. The van der Waals surface area contributed by atoms with E-state index in [1.807, 2.05) is 4.90 Å². The van der Waals surface area contributed by atoms with Gasteiger partial charge in [-0.1, -0.05) is 18.2 Å². The van der Waals surface area contributed by atoms with Crippen LogP contribution in [0.1, 0.15) is 5.69 Å². The molecular formula is C14H13F3N2O. The average Bonchev–Trinajstić information content (AvgIpc) is 2.46. The molecule has 2 aromatic rings. The normalized spacial score (nSPS) is 16.6. The molecule has 1 fully saturated rings. The summed E-state index contributed by atoms with van der Waals surface area (Å²) in [5, 5.41) is 0.738. The van der Waals surface area contributed by atoms with Gasteiger partial charge in [0.25, 0.3) is 0 Å². The van der Waals surface area contributed by atoms with E-state index in [4.69, 9.17) is 4.74 Å². The molecule has 1 aromatic carbocycles. The monoisotopic (exact) mass is 282 g/mol. The number of rotatable bonds is 1. The Kier molecular flexibility index (Phi) is 3.25. The van der Waals surface area contributed by atoms with Crippen LogP contribution in [0.15, 0.2) is 30.3 Å². The molecule has 0 radical (unpaired) electrons. The van der Waals surface area contributed by atoms with E-state index in [0.717, 1.165) is 11.5 Å². The number of pyridine rings is 1. The Morgan fingerprint density at radius 1 is 1.10 bits per heavy atom. The summed E-state index contributed by atoms with van der Waals surface area (Å²) in [6, 6.07) is 8.04. The molecule has 106 valence electrons. The third kappa shape index (κ3) is 2.43. The summed E-state index contributed by atoms with van der Waals surface area (Å²) < 4.78 is 44.1. The maximum Gasteiger partial charge on any atom is 0.433 e. The lowest BCUT2D eigenvalue weighted by Crippen LogP contribution is -2.36. The number of benzene rings is 1. The number of fused-ring (bicyclic) bond motifs is 1. The molecule has 6 heteroatoms. The average molecular weight is 282 g/mol. The van der Waals surface area contributed by atoms with E-state index in [9.17, 15) is 13.2 Å². The van der Waals surface area contributed by atoms with E-state index in [2.05, 4.69) is 4.98 Å². The third-order valence-electron chi connectivity index (χ3n) is 3.34. The zero-order chi connectivity index (χ0) is 14.2. The number of morpholine rings is 1. The van der Waals surface area contributed by atoms with Gasteiger partial charge in [-0.2, -0.15) is 13.2 Å². The van der Waals surface area contributed by atoms with Crippen LogP contribution in [-0.4, -0.2) is 31.3 Å². The van der Waals surface area contributed by atoms with Crippen molar-refractivity contribution in [3.63, 3.8) is 0 Å². The lowest BCUT2D eigenvalue weighted by Gasteiger charge is -2.30. The molecule has 1 aliphatic rings. The van der Waals surface area contributed by atoms with Crippen LogP contribution in [0.2, 0.25) is 0 Å². The minimum atomic E-state index is -4.44. The van der Waals surface area contributed by atoms with Crippen LogP contribution in [0, 0.1) is 0 Å². The first-order valence-corrected chi connectivity index (χ1v) is 6.35. The van der Waals surface area contributed by atoms with Crippen LogP contribution in [0.4, 0.5) is 18.9 Å². The van der Waals surface area contributed by atoms with Gasteiger partial charge < -0.3 is 9.64 Å². The van der Waals surface area contributed by atoms with Gasteiger partial charge in [0.1, 0.15) is 5.69 Å². The molecule has 3 nitrogen and oxygen atoms in total. The number of para-hydroxylation sites is 1. The fourth-order valence-electron chi connectivity index (χ4n) is 2.37. The van der Waals surface area contributed by atoms with Crippen LogP contribution in [0.3, 0.4) is 0 Å². The van der Waals surface area contributed by atoms with Crippen LogP contribution in [0.25, 0.3) is 10.9 Å². The molecule has 0 unspecified atom stereocenters. The molecule has 3 rings (SSSR count). The molecule has 0 atom stereocenters. The van der Waals surface area contributed by atoms with E-state index in [1.54, 1.807) is 24.3 Å². The largest absolute Gasteiger partial charge is 0.433 e. The molecular weight excluding hydrogens is 269 g/mol. The van der Waals surface area contributed by atoms with Crippen molar-refractivity contribution in [2.45, 2.75) is 6.18 Å². The van der Waals surface area contributed by atoms with Gasteiger partial charge in [0, 0.05) is 24.2 Å². The Morgan fingerprint density at radius 2 is 1.80 bits per heavy atom. The van der Waals surface area contributed by atoms with Gasteiger partial charge in [0.05, 0.1) is 18.7 Å².